The van der Waals surface area contributed by atoms with Gasteiger partial charge in [-0.15, -0.1) is 11.3 Å². The van der Waals surface area contributed by atoms with Gasteiger partial charge in [0.15, 0.2) is 0 Å². The van der Waals surface area contributed by atoms with Crippen LogP contribution in [-0.2, 0) is 6.42 Å². The number of rotatable bonds is 5. The first-order valence-electron chi connectivity index (χ1n) is 7.09. The molecule has 1 aromatic carbocycles. The molecule has 108 valence electrons. The molecule has 1 atom stereocenters. The number of halogens is 1. The van der Waals surface area contributed by atoms with Crippen LogP contribution in [0.1, 0.15) is 23.5 Å². The van der Waals surface area contributed by atoms with Crippen LogP contribution in [0.5, 0.6) is 0 Å². The van der Waals surface area contributed by atoms with Gasteiger partial charge in [-0.1, -0.05) is 31.2 Å². The number of likely N-dealkylation sites (N-methyl/N-ethyl adjacent to an activating group) is 1. The van der Waals surface area contributed by atoms with Gasteiger partial charge in [0.2, 0.25) is 0 Å². The van der Waals surface area contributed by atoms with Gasteiger partial charge in [0, 0.05) is 21.2 Å². The number of thiophene rings is 1. The molecule has 4 heteroatoms. The van der Waals surface area contributed by atoms with E-state index >= 15 is 0 Å². The van der Waals surface area contributed by atoms with Gasteiger partial charge in [0.1, 0.15) is 0 Å². The molecule has 3 aromatic rings. The standard InChI is InChI=1S/C17H17BrN2S/c1-2-19-16(11-17-13(18)9-10-21-17)15-8-7-12-5-3-4-6-14(12)20-15/h3-10,16,19H,2,11H2,1H3. The molecule has 2 aromatic heterocycles. The maximum absolute atomic E-state index is 4.83. The van der Waals surface area contributed by atoms with Crippen LogP contribution in [0.15, 0.2) is 52.3 Å². The summed E-state index contributed by atoms with van der Waals surface area (Å²) in [6, 6.07) is 14.9. The van der Waals surface area contributed by atoms with E-state index in [1.54, 1.807) is 11.3 Å². The van der Waals surface area contributed by atoms with Gasteiger partial charge in [-0.25, -0.2) is 0 Å². The molecule has 2 nitrogen and oxygen atoms in total. The molecule has 0 saturated heterocycles. The first kappa shape index (κ1) is 14.7. The summed E-state index contributed by atoms with van der Waals surface area (Å²) in [5, 5.41) is 6.86. The van der Waals surface area contributed by atoms with Crippen LogP contribution in [0, 0.1) is 0 Å². The molecule has 0 radical (unpaired) electrons. The number of nitrogens with zero attached hydrogens (tertiary/aromatic N) is 1. The second-order valence-corrected chi connectivity index (χ2v) is 6.79. The summed E-state index contributed by atoms with van der Waals surface area (Å²) in [4.78, 5) is 6.19. The summed E-state index contributed by atoms with van der Waals surface area (Å²) in [5.41, 5.74) is 2.17. The van der Waals surface area contributed by atoms with Gasteiger partial charge in [0.05, 0.1) is 17.3 Å². The van der Waals surface area contributed by atoms with E-state index in [0.29, 0.717) is 0 Å². The SMILES string of the molecule is CCNC(Cc1sccc1Br)c1ccc2ccccc2n1. The highest BCUT2D eigenvalue weighted by atomic mass is 79.9. The lowest BCUT2D eigenvalue weighted by Crippen LogP contribution is -2.23. The van der Waals surface area contributed by atoms with Gasteiger partial charge in [0.25, 0.3) is 0 Å². The third kappa shape index (κ3) is 3.34. The zero-order valence-electron chi connectivity index (χ0n) is 11.8. The first-order chi connectivity index (χ1) is 10.3. The van der Waals surface area contributed by atoms with E-state index in [0.717, 1.165) is 24.2 Å². The van der Waals surface area contributed by atoms with E-state index in [1.165, 1.54) is 14.7 Å². The van der Waals surface area contributed by atoms with E-state index in [1.807, 2.05) is 12.1 Å². The molecule has 0 aliphatic heterocycles. The van der Waals surface area contributed by atoms with Crippen LogP contribution in [0.25, 0.3) is 10.9 Å². The number of aromatic nitrogens is 1. The quantitative estimate of drug-likeness (QED) is 0.695. The molecule has 2 heterocycles. The summed E-state index contributed by atoms with van der Waals surface area (Å²) in [5.74, 6) is 0. The number of nitrogens with one attached hydrogen (secondary N) is 1. The lowest BCUT2D eigenvalue weighted by molar-refractivity contribution is 0.541. The van der Waals surface area contributed by atoms with E-state index < -0.39 is 0 Å². The van der Waals surface area contributed by atoms with Crippen LogP contribution in [0.4, 0.5) is 0 Å². The molecule has 0 saturated carbocycles. The molecule has 0 aliphatic rings. The Morgan fingerprint density at radius 2 is 2.05 bits per heavy atom. The predicted molar refractivity (Wildman–Crippen MR) is 93.9 cm³/mol. The molecule has 3 rings (SSSR count). The minimum absolute atomic E-state index is 0.245. The second kappa shape index (κ2) is 6.69. The fourth-order valence-electron chi connectivity index (χ4n) is 2.46. The van der Waals surface area contributed by atoms with Crippen molar-refractivity contribution in [1.82, 2.24) is 10.3 Å². The van der Waals surface area contributed by atoms with Crippen molar-refractivity contribution in [3.05, 3.63) is 62.9 Å². The van der Waals surface area contributed by atoms with Crippen molar-refractivity contribution in [3.8, 4) is 0 Å². The lowest BCUT2D eigenvalue weighted by Gasteiger charge is -2.17. The van der Waals surface area contributed by atoms with Crippen molar-refractivity contribution in [2.24, 2.45) is 0 Å². The zero-order chi connectivity index (χ0) is 14.7. The molecule has 21 heavy (non-hydrogen) atoms. The highest BCUT2D eigenvalue weighted by Crippen LogP contribution is 2.28. The topological polar surface area (TPSA) is 24.9 Å². The largest absolute Gasteiger partial charge is 0.309 e. The summed E-state index contributed by atoms with van der Waals surface area (Å²) in [6.07, 6.45) is 0.956. The number of hydrogen-bond donors (Lipinski definition) is 1. The lowest BCUT2D eigenvalue weighted by atomic mass is 10.1. The van der Waals surface area contributed by atoms with E-state index in [4.69, 9.17) is 4.98 Å². The van der Waals surface area contributed by atoms with Gasteiger partial charge in [-0.05, 0) is 46.1 Å². The summed E-state index contributed by atoms with van der Waals surface area (Å²) in [6.45, 7) is 3.07. The van der Waals surface area contributed by atoms with E-state index in [9.17, 15) is 0 Å². The molecule has 0 amide bonds. The van der Waals surface area contributed by atoms with Crippen molar-refractivity contribution in [2.75, 3.05) is 6.54 Å². The third-order valence-electron chi connectivity index (χ3n) is 3.51. The Kier molecular flexibility index (Phi) is 4.68. The summed E-state index contributed by atoms with van der Waals surface area (Å²) in [7, 11) is 0. The van der Waals surface area contributed by atoms with Crippen LogP contribution in [0.2, 0.25) is 0 Å². The fraction of sp³-hybridized carbons (Fsp3) is 0.235. The summed E-state index contributed by atoms with van der Waals surface area (Å²) >= 11 is 5.41. The normalized spacial score (nSPS) is 12.7. The van der Waals surface area contributed by atoms with Gasteiger partial charge >= 0.3 is 0 Å². The molecule has 1 N–H and O–H groups in total. The number of benzene rings is 1. The maximum atomic E-state index is 4.83. The van der Waals surface area contributed by atoms with Crippen molar-refractivity contribution in [1.29, 1.82) is 0 Å². The Bertz CT molecular complexity index is 738. The highest BCUT2D eigenvalue weighted by molar-refractivity contribution is 9.10. The second-order valence-electron chi connectivity index (χ2n) is 4.93. The van der Waals surface area contributed by atoms with Crippen molar-refractivity contribution in [2.45, 2.75) is 19.4 Å². The number of pyridine rings is 1. The number of fused-ring (bicyclic) bond motifs is 1. The molecule has 0 spiro atoms. The summed E-state index contributed by atoms with van der Waals surface area (Å²) < 4.78 is 1.19. The molecule has 0 aliphatic carbocycles. The maximum Gasteiger partial charge on any atom is 0.0706 e. The van der Waals surface area contributed by atoms with Crippen LogP contribution < -0.4 is 5.32 Å². The predicted octanol–water partition coefficient (Wildman–Crippen LogP) is 4.95. The molecule has 0 bridgehead atoms. The molecular weight excluding hydrogens is 344 g/mol. The monoisotopic (exact) mass is 360 g/mol. The molecule has 1 unspecified atom stereocenters. The van der Waals surface area contributed by atoms with E-state index in [2.05, 4.69) is 63.9 Å². The minimum atomic E-state index is 0.245. The smallest absolute Gasteiger partial charge is 0.0706 e. The zero-order valence-corrected chi connectivity index (χ0v) is 14.2. The highest BCUT2D eigenvalue weighted by Gasteiger charge is 2.15. The first-order valence-corrected chi connectivity index (χ1v) is 8.76. The van der Waals surface area contributed by atoms with Crippen molar-refractivity contribution >= 4 is 38.2 Å². The number of para-hydroxylation sites is 1. The van der Waals surface area contributed by atoms with Gasteiger partial charge in [-0.2, -0.15) is 0 Å². The Labute approximate surface area is 137 Å². The fourth-order valence-corrected chi connectivity index (χ4v) is 4.02. The van der Waals surface area contributed by atoms with Crippen LogP contribution >= 0.6 is 27.3 Å². The van der Waals surface area contributed by atoms with Crippen molar-refractivity contribution < 1.29 is 0 Å². The average Bonchev–Trinajstić information content (AvgIpc) is 2.91. The van der Waals surface area contributed by atoms with Crippen LogP contribution in [0.3, 0.4) is 0 Å². The van der Waals surface area contributed by atoms with E-state index in [-0.39, 0.29) is 6.04 Å². The molecular formula is C17H17BrN2S. The number of hydrogen-bond acceptors (Lipinski definition) is 3. The Balaban J connectivity index is 1.93. The Hall–Kier alpha value is -1.23. The third-order valence-corrected chi connectivity index (χ3v) is 5.46. The molecule has 0 fully saturated rings. The Morgan fingerprint density at radius 1 is 1.19 bits per heavy atom. The average molecular weight is 361 g/mol. The Morgan fingerprint density at radius 3 is 2.81 bits per heavy atom. The minimum Gasteiger partial charge on any atom is -0.309 e. The van der Waals surface area contributed by atoms with Gasteiger partial charge in [-0.3, -0.25) is 4.98 Å². The van der Waals surface area contributed by atoms with Gasteiger partial charge < -0.3 is 5.32 Å². The van der Waals surface area contributed by atoms with Crippen LogP contribution in [-0.4, -0.2) is 11.5 Å². The van der Waals surface area contributed by atoms with Crippen molar-refractivity contribution in [3.63, 3.8) is 0 Å².